The summed E-state index contributed by atoms with van der Waals surface area (Å²) in [5, 5.41) is 11.0. The molecule has 124 valence electrons. The lowest BCUT2D eigenvalue weighted by atomic mass is 10.1. The van der Waals surface area contributed by atoms with Crippen molar-refractivity contribution in [2.24, 2.45) is 0 Å². The molecule has 0 spiro atoms. The first-order valence-corrected chi connectivity index (χ1v) is 7.85. The van der Waals surface area contributed by atoms with Crippen LogP contribution < -0.4 is 0 Å². The third-order valence-corrected chi connectivity index (χ3v) is 3.92. The molecule has 1 unspecified atom stereocenters. The zero-order chi connectivity index (χ0) is 16.4. The van der Waals surface area contributed by atoms with Crippen molar-refractivity contribution >= 4 is 5.91 Å². The van der Waals surface area contributed by atoms with Gasteiger partial charge in [-0.2, -0.15) is 5.10 Å². The van der Waals surface area contributed by atoms with Crippen molar-refractivity contribution in [2.75, 3.05) is 19.7 Å². The summed E-state index contributed by atoms with van der Waals surface area (Å²) in [7, 11) is 0. The van der Waals surface area contributed by atoms with E-state index in [0.29, 0.717) is 42.5 Å². The van der Waals surface area contributed by atoms with E-state index in [-0.39, 0.29) is 12.0 Å². The fourth-order valence-corrected chi connectivity index (χ4v) is 2.74. The van der Waals surface area contributed by atoms with Crippen LogP contribution in [-0.4, -0.2) is 50.8 Å². The molecule has 1 aliphatic rings. The van der Waals surface area contributed by atoms with E-state index in [4.69, 9.17) is 9.26 Å². The first-order chi connectivity index (χ1) is 11.1. The maximum Gasteiger partial charge on any atom is 0.259 e. The topological polar surface area (TPSA) is 97.1 Å². The molecule has 3 heterocycles. The van der Waals surface area contributed by atoms with Gasteiger partial charge in [-0.1, -0.05) is 12.1 Å². The second-order valence-electron chi connectivity index (χ2n) is 5.70. The number of hydrogen-bond donors (Lipinski definition) is 1. The van der Waals surface area contributed by atoms with Crippen molar-refractivity contribution in [3.63, 3.8) is 0 Å². The second-order valence-corrected chi connectivity index (χ2v) is 5.70. The molecular weight excluding hydrogens is 298 g/mol. The molecule has 1 atom stereocenters. The molecule has 1 amide bonds. The van der Waals surface area contributed by atoms with Crippen molar-refractivity contribution in [2.45, 2.75) is 39.7 Å². The molecule has 2 aromatic rings. The number of carbonyl (C=O) groups excluding carboxylic acids is 1. The standard InChI is InChI=1S/C15H21N5O3/c1-4-5-12-16-14(18-17-12)11-8-20(6-7-22-11)15(21)13-9(2)19-23-10(13)3/h11H,4-8H2,1-3H3,(H,16,17,18). The van der Waals surface area contributed by atoms with Crippen LogP contribution in [0.15, 0.2) is 4.52 Å². The van der Waals surface area contributed by atoms with E-state index >= 15 is 0 Å². The Kier molecular flexibility index (Phi) is 4.42. The van der Waals surface area contributed by atoms with E-state index < -0.39 is 0 Å². The minimum atomic E-state index is -0.310. The average Bonchev–Trinajstić information content (AvgIpc) is 3.14. The van der Waals surface area contributed by atoms with E-state index in [1.165, 1.54) is 0 Å². The Bertz CT molecular complexity index is 674. The first-order valence-electron chi connectivity index (χ1n) is 7.85. The van der Waals surface area contributed by atoms with Crippen molar-refractivity contribution in [3.05, 3.63) is 28.7 Å². The Hall–Kier alpha value is -2.22. The number of nitrogens with one attached hydrogen (secondary N) is 1. The zero-order valence-electron chi connectivity index (χ0n) is 13.6. The van der Waals surface area contributed by atoms with E-state index in [0.717, 1.165) is 18.7 Å². The van der Waals surface area contributed by atoms with Gasteiger partial charge in [-0.05, 0) is 20.3 Å². The molecule has 1 aliphatic heterocycles. The average molecular weight is 319 g/mol. The number of H-pyrrole nitrogens is 1. The summed E-state index contributed by atoms with van der Waals surface area (Å²) in [4.78, 5) is 18.9. The number of rotatable bonds is 4. The van der Waals surface area contributed by atoms with Gasteiger partial charge in [0.05, 0.1) is 18.8 Å². The van der Waals surface area contributed by atoms with Gasteiger partial charge in [-0.3, -0.25) is 9.89 Å². The monoisotopic (exact) mass is 319 g/mol. The third kappa shape index (κ3) is 3.12. The number of ether oxygens (including phenoxy) is 1. The Labute approximate surface area is 134 Å². The molecule has 0 aliphatic carbocycles. The van der Waals surface area contributed by atoms with Gasteiger partial charge in [0.2, 0.25) is 0 Å². The number of amides is 1. The fraction of sp³-hybridized carbons (Fsp3) is 0.600. The highest BCUT2D eigenvalue weighted by atomic mass is 16.5. The predicted molar refractivity (Wildman–Crippen MR) is 81.0 cm³/mol. The van der Waals surface area contributed by atoms with Gasteiger partial charge in [-0.15, -0.1) is 0 Å². The summed E-state index contributed by atoms with van der Waals surface area (Å²) in [6, 6.07) is 0. The molecular formula is C15H21N5O3. The lowest BCUT2D eigenvalue weighted by molar-refractivity contribution is -0.0267. The summed E-state index contributed by atoms with van der Waals surface area (Å²) in [5.41, 5.74) is 1.14. The number of carbonyl (C=O) groups is 1. The molecule has 1 saturated heterocycles. The number of morpholine rings is 1. The van der Waals surface area contributed by atoms with Crippen LogP contribution in [0.4, 0.5) is 0 Å². The second kappa shape index (κ2) is 6.49. The Balaban J connectivity index is 1.74. The molecule has 0 saturated carbocycles. The molecule has 2 aromatic heterocycles. The van der Waals surface area contributed by atoms with E-state index in [2.05, 4.69) is 27.3 Å². The van der Waals surface area contributed by atoms with Gasteiger partial charge in [-0.25, -0.2) is 4.98 Å². The lowest BCUT2D eigenvalue weighted by Crippen LogP contribution is -2.42. The normalized spacial score (nSPS) is 18.4. The Morgan fingerprint density at radius 2 is 2.26 bits per heavy atom. The van der Waals surface area contributed by atoms with Crippen LogP contribution in [0, 0.1) is 13.8 Å². The lowest BCUT2D eigenvalue weighted by Gasteiger charge is -2.31. The number of aromatic amines is 1. The van der Waals surface area contributed by atoms with Crippen molar-refractivity contribution in [3.8, 4) is 0 Å². The van der Waals surface area contributed by atoms with Gasteiger partial charge >= 0.3 is 0 Å². The van der Waals surface area contributed by atoms with Gasteiger partial charge in [0, 0.05) is 13.0 Å². The maximum atomic E-state index is 12.7. The van der Waals surface area contributed by atoms with Gasteiger partial charge in [0.1, 0.15) is 23.3 Å². The molecule has 23 heavy (non-hydrogen) atoms. The van der Waals surface area contributed by atoms with Gasteiger partial charge in [0.25, 0.3) is 5.91 Å². The highest BCUT2D eigenvalue weighted by Crippen LogP contribution is 2.22. The van der Waals surface area contributed by atoms with Crippen LogP contribution in [0.25, 0.3) is 0 Å². The zero-order valence-corrected chi connectivity index (χ0v) is 13.6. The highest BCUT2D eigenvalue weighted by molar-refractivity contribution is 5.96. The number of aryl methyl sites for hydroxylation is 3. The number of hydrogen-bond acceptors (Lipinski definition) is 6. The smallest absolute Gasteiger partial charge is 0.259 e. The molecule has 3 rings (SSSR count). The van der Waals surface area contributed by atoms with Crippen LogP contribution in [0.5, 0.6) is 0 Å². The molecule has 0 bridgehead atoms. The van der Waals surface area contributed by atoms with Crippen molar-refractivity contribution in [1.82, 2.24) is 25.2 Å². The van der Waals surface area contributed by atoms with Crippen molar-refractivity contribution < 1.29 is 14.1 Å². The highest BCUT2D eigenvalue weighted by Gasteiger charge is 2.31. The van der Waals surface area contributed by atoms with Gasteiger partial charge in [0.15, 0.2) is 5.82 Å². The first kappa shape index (κ1) is 15.7. The summed E-state index contributed by atoms with van der Waals surface area (Å²) in [6.07, 6.45) is 1.54. The predicted octanol–water partition coefficient (Wildman–Crippen LogP) is 1.58. The minimum Gasteiger partial charge on any atom is -0.366 e. The summed E-state index contributed by atoms with van der Waals surface area (Å²) in [6.45, 7) is 7.02. The fourth-order valence-electron chi connectivity index (χ4n) is 2.74. The van der Waals surface area contributed by atoms with E-state index in [1.807, 2.05) is 0 Å². The molecule has 1 fully saturated rings. The van der Waals surface area contributed by atoms with Crippen LogP contribution in [0.2, 0.25) is 0 Å². The minimum absolute atomic E-state index is 0.0844. The number of aromatic nitrogens is 4. The molecule has 0 radical (unpaired) electrons. The third-order valence-electron chi connectivity index (χ3n) is 3.92. The molecule has 0 aromatic carbocycles. The van der Waals surface area contributed by atoms with E-state index in [1.54, 1.807) is 18.7 Å². The number of nitrogens with zero attached hydrogens (tertiary/aromatic N) is 4. The summed E-state index contributed by atoms with van der Waals surface area (Å²) in [5.74, 6) is 1.91. The summed E-state index contributed by atoms with van der Waals surface area (Å²) >= 11 is 0. The Morgan fingerprint density at radius 3 is 2.96 bits per heavy atom. The molecule has 1 N–H and O–H groups in total. The van der Waals surface area contributed by atoms with Crippen LogP contribution in [-0.2, 0) is 11.2 Å². The molecule has 8 nitrogen and oxygen atoms in total. The Morgan fingerprint density at radius 1 is 1.43 bits per heavy atom. The summed E-state index contributed by atoms with van der Waals surface area (Å²) < 4.78 is 10.8. The van der Waals surface area contributed by atoms with Crippen LogP contribution in [0.3, 0.4) is 0 Å². The van der Waals surface area contributed by atoms with Gasteiger partial charge < -0.3 is 14.2 Å². The van der Waals surface area contributed by atoms with Crippen molar-refractivity contribution in [1.29, 1.82) is 0 Å². The van der Waals surface area contributed by atoms with E-state index in [9.17, 15) is 4.79 Å². The SMILES string of the molecule is CCCc1nc(C2CN(C(=O)c3c(C)noc3C)CCO2)n[nH]1. The quantitative estimate of drug-likeness (QED) is 0.919. The van der Waals surface area contributed by atoms with Crippen LogP contribution in [0.1, 0.15) is 52.9 Å². The van der Waals surface area contributed by atoms with Crippen LogP contribution >= 0.6 is 0 Å². The molecule has 8 heteroatoms. The largest absolute Gasteiger partial charge is 0.366 e. The maximum absolute atomic E-state index is 12.7.